The quantitative estimate of drug-likeness (QED) is 0.719. The largest absolute Gasteiger partial charge is 0.352 e. The van der Waals surface area contributed by atoms with Crippen LogP contribution in [0.3, 0.4) is 0 Å². The summed E-state index contributed by atoms with van der Waals surface area (Å²) in [6.45, 7) is 2.26. The standard InChI is InChI=1S/C18H32N4O/c23-18(14-6-3-4-10-19-14)20-13-8-9-16-15(12-13)21-17-7-2-1-5-11-22(16)17/h13-17,19,21H,1-12H2,(H,20,23). The molecule has 0 aromatic carbocycles. The first-order valence-electron chi connectivity index (χ1n) is 9.87. The van der Waals surface area contributed by atoms with Crippen molar-refractivity contribution in [3.63, 3.8) is 0 Å². The Morgan fingerprint density at radius 1 is 1.00 bits per heavy atom. The third kappa shape index (κ3) is 3.42. The summed E-state index contributed by atoms with van der Waals surface area (Å²) in [4.78, 5) is 15.2. The van der Waals surface area contributed by atoms with E-state index in [2.05, 4.69) is 20.9 Å². The number of rotatable bonds is 2. The van der Waals surface area contributed by atoms with Crippen molar-refractivity contribution >= 4 is 5.91 Å². The van der Waals surface area contributed by atoms with E-state index in [0.29, 0.717) is 24.3 Å². The summed E-state index contributed by atoms with van der Waals surface area (Å²) >= 11 is 0. The lowest BCUT2D eigenvalue weighted by molar-refractivity contribution is -0.124. The molecule has 3 N–H and O–H groups in total. The second-order valence-corrected chi connectivity index (χ2v) is 7.96. The molecule has 5 unspecified atom stereocenters. The van der Waals surface area contributed by atoms with E-state index in [4.69, 9.17) is 0 Å². The van der Waals surface area contributed by atoms with Crippen molar-refractivity contribution in [3.8, 4) is 0 Å². The average molecular weight is 320 g/mol. The van der Waals surface area contributed by atoms with E-state index < -0.39 is 0 Å². The Balaban J connectivity index is 1.31. The van der Waals surface area contributed by atoms with Crippen LogP contribution in [0.25, 0.3) is 0 Å². The number of amides is 1. The predicted molar refractivity (Wildman–Crippen MR) is 91.1 cm³/mol. The first-order chi connectivity index (χ1) is 11.3. The summed E-state index contributed by atoms with van der Waals surface area (Å²) < 4.78 is 0. The molecule has 23 heavy (non-hydrogen) atoms. The molecule has 3 aliphatic heterocycles. The van der Waals surface area contributed by atoms with Gasteiger partial charge in [-0.25, -0.2) is 0 Å². The molecule has 3 heterocycles. The number of piperidine rings is 1. The van der Waals surface area contributed by atoms with Crippen molar-refractivity contribution in [1.29, 1.82) is 0 Å². The Kier molecular flexibility index (Phi) is 4.88. The summed E-state index contributed by atoms with van der Waals surface area (Å²) in [5, 5.41) is 10.6. The minimum absolute atomic E-state index is 0.0489. The molecule has 0 spiro atoms. The Bertz CT molecular complexity index is 423. The van der Waals surface area contributed by atoms with Gasteiger partial charge in [0.2, 0.25) is 5.91 Å². The van der Waals surface area contributed by atoms with Crippen molar-refractivity contribution in [2.24, 2.45) is 0 Å². The maximum Gasteiger partial charge on any atom is 0.237 e. The summed E-state index contributed by atoms with van der Waals surface area (Å²) in [5.41, 5.74) is 0. The van der Waals surface area contributed by atoms with Crippen molar-refractivity contribution in [1.82, 2.24) is 20.9 Å². The molecule has 0 radical (unpaired) electrons. The second-order valence-electron chi connectivity index (χ2n) is 7.96. The van der Waals surface area contributed by atoms with Crippen LogP contribution in [0.2, 0.25) is 0 Å². The monoisotopic (exact) mass is 320 g/mol. The van der Waals surface area contributed by atoms with Crippen molar-refractivity contribution in [3.05, 3.63) is 0 Å². The molecule has 4 fully saturated rings. The van der Waals surface area contributed by atoms with Gasteiger partial charge in [-0.1, -0.05) is 19.3 Å². The lowest BCUT2D eigenvalue weighted by Gasteiger charge is -2.36. The Morgan fingerprint density at radius 2 is 1.91 bits per heavy atom. The van der Waals surface area contributed by atoms with E-state index in [1.807, 2.05) is 0 Å². The van der Waals surface area contributed by atoms with Crippen LogP contribution in [-0.2, 0) is 4.79 Å². The number of nitrogens with zero attached hydrogens (tertiary/aromatic N) is 1. The maximum atomic E-state index is 12.5. The lowest BCUT2D eigenvalue weighted by atomic mass is 9.86. The number of carbonyl (C=O) groups is 1. The molecular formula is C18H32N4O. The number of hydrogen-bond donors (Lipinski definition) is 3. The fourth-order valence-electron chi connectivity index (χ4n) is 5.19. The first-order valence-corrected chi connectivity index (χ1v) is 9.87. The Hall–Kier alpha value is -0.650. The van der Waals surface area contributed by atoms with Crippen LogP contribution in [0, 0.1) is 0 Å². The Morgan fingerprint density at radius 3 is 2.78 bits per heavy atom. The van der Waals surface area contributed by atoms with Gasteiger partial charge >= 0.3 is 0 Å². The van der Waals surface area contributed by atoms with Crippen LogP contribution < -0.4 is 16.0 Å². The van der Waals surface area contributed by atoms with Crippen LogP contribution in [-0.4, -0.2) is 54.2 Å². The van der Waals surface area contributed by atoms with Gasteiger partial charge in [-0.3, -0.25) is 15.0 Å². The molecule has 4 aliphatic rings. The third-order valence-electron chi connectivity index (χ3n) is 6.41. The number of hydrogen-bond acceptors (Lipinski definition) is 4. The van der Waals surface area contributed by atoms with Gasteiger partial charge < -0.3 is 10.6 Å². The fourth-order valence-corrected chi connectivity index (χ4v) is 5.19. The molecule has 0 aromatic heterocycles. The van der Waals surface area contributed by atoms with Crippen LogP contribution >= 0.6 is 0 Å². The number of carbonyl (C=O) groups excluding carboxylic acids is 1. The van der Waals surface area contributed by atoms with Crippen LogP contribution in [0.4, 0.5) is 0 Å². The minimum Gasteiger partial charge on any atom is -0.352 e. The predicted octanol–water partition coefficient (Wildman–Crippen LogP) is 1.34. The molecule has 5 heteroatoms. The normalized spacial score (nSPS) is 41.7. The van der Waals surface area contributed by atoms with Crippen molar-refractivity contribution in [2.75, 3.05) is 13.1 Å². The SMILES string of the molecule is O=C(NC1CCC2C(C1)NC1CCCCCN12)C1CCCCN1. The molecule has 3 saturated heterocycles. The summed E-state index contributed by atoms with van der Waals surface area (Å²) in [6, 6.07) is 1.70. The zero-order valence-electron chi connectivity index (χ0n) is 14.2. The van der Waals surface area contributed by atoms with E-state index in [9.17, 15) is 4.79 Å². The van der Waals surface area contributed by atoms with E-state index in [1.54, 1.807) is 0 Å². The molecule has 4 rings (SSSR count). The molecular weight excluding hydrogens is 288 g/mol. The smallest absolute Gasteiger partial charge is 0.237 e. The molecule has 1 aliphatic carbocycles. The van der Waals surface area contributed by atoms with Gasteiger partial charge in [-0.05, 0) is 58.0 Å². The van der Waals surface area contributed by atoms with Gasteiger partial charge in [0, 0.05) is 18.1 Å². The molecule has 130 valence electrons. The van der Waals surface area contributed by atoms with Crippen molar-refractivity contribution in [2.45, 2.75) is 94.5 Å². The zero-order valence-corrected chi connectivity index (χ0v) is 14.2. The first kappa shape index (κ1) is 15.9. The highest BCUT2D eigenvalue weighted by atomic mass is 16.2. The van der Waals surface area contributed by atoms with Gasteiger partial charge in [0.15, 0.2) is 0 Å². The molecule has 0 bridgehead atoms. The highest BCUT2D eigenvalue weighted by molar-refractivity contribution is 5.82. The Labute approximate surface area is 139 Å². The summed E-state index contributed by atoms with van der Waals surface area (Å²) in [5.74, 6) is 0.237. The van der Waals surface area contributed by atoms with E-state index in [-0.39, 0.29) is 11.9 Å². The van der Waals surface area contributed by atoms with Gasteiger partial charge in [0.1, 0.15) is 0 Å². The van der Waals surface area contributed by atoms with Gasteiger partial charge in [0.05, 0.1) is 12.2 Å². The van der Waals surface area contributed by atoms with Crippen LogP contribution in [0.1, 0.15) is 64.2 Å². The topological polar surface area (TPSA) is 56.4 Å². The summed E-state index contributed by atoms with van der Waals surface area (Å²) in [7, 11) is 0. The molecule has 0 aromatic rings. The lowest BCUT2D eigenvalue weighted by Crippen LogP contribution is -2.53. The molecule has 1 amide bonds. The maximum absolute atomic E-state index is 12.5. The van der Waals surface area contributed by atoms with Crippen molar-refractivity contribution < 1.29 is 4.79 Å². The number of fused-ring (bicyclic) bond motifs is 3. The fraction of sp³-hybridized carbons (Fsp3) is 0.944. The minimum atomic E-state index is 0.0489. The highest BCUT2D eigenvalue weighted by Crippen LogP contribution is 2.33. The summed E-state index contributed by atoms with van der Waals surface area (Å²) in [6.07, 6.45) is 12.9. The highest BCUT2D eigenvalue weighted by Gasteiger charge is 2.44. The average Bonchev–Trinajstić information content (AvgIpc) is 2.76. The van der Waals surface area contributed by atoms with Crippen LogP contribution in [0.15, 0.2) is 0 Å². The molecule has 5 nitrogen and oxygen atoms in total. The number of nitrogens with one attached hydrogen (secondary N) is 3. The van der Waals surface area contributed by atoms with E-state index in [1.165, 1.54) is 51.5 Å². The van der Waals surface area contributed by atoms with Gasteiger partial charge in [0.25, 0.3) is 0 Å². The molecule has 5 atom stereocenters. The van der Waals surface area contributed by atoms with Crippen LogP contribution in [0.5, 0.6) is 0 Å². The van der Waals surface area contributed by atoms with E-state index in [0.717, 1.165) is 25.8 Å². The zero-order chi connectivity index (χ0) is 15.6. The van der Waals surface area contributed by atoms with E-state index >= 15 is 0 Å². The van der Waals surface area contributed by atoms with Gasteiger partial charge in [-0.15, -0.1) is 0 Å². The van der Waals surface area contributed by atoms with Gasteiger partial charge in [-0.2, -0.15) is 0 Å². The molecule has 1 saturated carbocycles. The second kappa shape index (κ2) is 7.08. The third-order valence-corrected chi connectivity index (χ3v) is 6.41.